The van der Waals surface area contributed by atoms with Crippen LogP contribution in [0, 0.1) is 0 Å². The molecule has 1 rings (SSSR count). The minimum absolute atomic E-state index is 0. The van der Waals surface area contributed by atoms with Crippen molar-refractivity contribution < 1.29 is 4.74 Å². The zero-order valence-corrected chi connectivity index (χ0v) is 11.7. The summed E-state index contributed by atoms with van der Waals surface area (Å²) >= 11 is 0. The lowest BCUT2D eigenvalue weighted by Crippen LogP contribution is -2.22. The number of hydrogen-bond donors (Lipinski definition) is 2. The van der Waals surface area contributed by atoms with Crippen LogP contribution in [0.3, 0.4) is 0 Å². The molecule has 90 valence electrons. The van der Waals surface area contributed by atoms with E-state index in [2.05, 4.69) is 4.99 Å². The van der Waals surface area contributed by atoms with Gasteiger partial charge in [-0.3, -0.25) is 0 Å². The zero-order chi connectivity index (χ0) is 11.1. The Labute approximate surface area is 113 Å². The molecule has 0 aromatic heterocycles. The monoisotopic (exact) mass is 335 g/mol. The third-order valence-corrected chi connectivity index (χ3v) is 1.94. The van der Waals surface area contributed by atoms with Gasteiger partial charge in [0.1, 0.15) is 0 Å². The molecule has 0 saturated carbocycles. The molecule has 0 atom stereocenters. The van der Waals surface area contributed by atoms with E-state index in [1.54, 1.807) is 0 Å². The molecule has 4 N–H and O–H groups in total. The summed E-state index contributed by atoms with van der Waals surface area (Å²) in [6.07, 6.45) is 0. The predicted octanol–water partition coefficient (Wildman–Crippen LogP) is 1.61. The number of ether oxygens (including phenoxy) is 1. The molecule has 0 fully saturated rings. The van der Waals surface area contributed by atoms with E-state index in [1.165, 1.54) is 0 Å². The van der Waals surface area contributed by atoms with Gasteiger partial charge in [0.15, 0.2) is 5.96 Å². The van der Waals surface area contributed by atoms with E-state index in [9.17, 15) is 0 Å². The summed E-state index contributed by atoms with van der Waals surface area (Å²) in [4.78, 5) is 3.93. The number of hydrogen-bond acceptors (Lipinski definition) is 2. The molecule has 1 aromatic carbocycles. The second-order valence-electron chi connectivity index (χ2n) is 3.19. The Morgan fingerprint density at radius 2 is 1.75 bits per heavy atom. The summed E-state index contributed by atoms with van der Waals surface area (Å²) in [5, 5.41) is 0. The van der Waals surface area contributed by atoms with Crippen molar-refractivity contribution in [1.82, 2.24) is 0 Å². The number of nitrogens with zero attached hydrogens (tertiary/aromatic N) is 1. The highest BCUT2D eigenvalue weighted by molar-refractivity contribution is 14.0. The van der Waals surface area contributed by atoms with Crippen molar-refractivity contribution in [3.63, 3.8) is 0 Å². The predicted molar refractivity (Wildman–Crippen MR) is 76.7 cm³/mol. The SMILES string of the molecule is CCOCc1ccc(CN=C(N)N)cc1.I. The Hall–Kier alpha value is -0.820. The Bertz CT molecular complexity index is 321. The fourth-order valence-corrected chi connectivity index (χ4v) is 1.14. The highest BCUT2D eigenvalue weighted by Gasteiger charge is 1.94. The van der Waals surface area contributed by atoms with Crippen LogP contribution in [-0.2, 0) is 17.9 Å². The summed E-state index contributed by atoms with van der Waals surface area (Å²) in [5.41, 5.74) is 12.7. The Kier molecular flexibility index (Phi) is 7.92. The van der Waals surface area contributed by atoms with Gasteiger partial charge >= 0.3 is 0 Å². The Balaban J connectivity index is 0.00000225. The van der Waals surface area contributed by atoms with E-state index in [0.717, 1.165) is 17.7 Å². The lowest BCUT2D eigenvalue weighted by atomic mass is 10.1. The standard InChI is InChI=1S/C11H17N3O.HI/c1-2-15-8-10-5-3-9(4-6-10)7-14-11(12)13;/h3-6H,2,7-8H2,1H3,(H4,12,13,14);1H. The van der Waals surface area contributed by atoms with Gasteiger partial charge in [0.05, 0.1) is 13.2 Å². The van der Waals surface area contributed by atoms with Gasteiger partial charge in [-0.15, -0.1) is 24.0 Å². The van der Waals surface area contributed by atoms with Crippen LogP contribution in [0.5, 0.6) is 0 Å². The van der Waals surface area contributed by atoms with E-state index in [-0.39, 0.29) is 29.9 Å². The molecule has 0 unspecified atom stereocenters. The molecule has 16 heavy (non-hydrogen) atoms. The molecule has 0 aliphatic carbocycles. The number of benzene rings is 1. The highest BCUT2D eigenvalue weighted by atomic mass is 127. The van der Waals surface area contributed by atoms with E-state index in [4.69, 9.17) is 16.2 Å². The van der Waals surface area contributed by atoms with Gasteiger partial charge in [0, 0.05) is 6.61 Å². The minimum Gasteiger partial charge on any atom is -0.377 e. The molecule has 0 bridgehead atoms. The van der Waals surface area contributed by atoms with Crippen molar-refractivity contribution in [1.29, 1.82) is 0 Å². The van der Waals surface area contributed by atoms with Crippen LogP contribution >= 0.6 is 24.0 Å². The molecular formula is C11H18IN3O. The van der Waals surface area contributed by atoms with Crippen LogP contribution in [0.2, 0.25) is 0 Å². The summed E-state index contributed by atoms with van der Waals surface area (Å²) in [6, 6.07) is 8.04. The van der Waals surface area contributed by atoms with Crippen molar-refractivity contribution >= 4 is 29.9 Å². The van der Waals surface area contributed by atoms with Gasteiger partial charge in [-0.1, -0.05) is 24.3 Å². The molecular weight excluding hydrogens is 317 g/mol. The Morgan fingerprint density at radius 1 is 1.19 bits per heavy atom. The first-order valence-electron chi connectivity index (χ1n) is 4.93. The fourth-order valence-electron chi connectivity index (χ4n) is 1.14. The van der Waals surface area contributed by atoms with E-state index in [1.807, 2.05) is 31.2 Å². The number of rotatable bonds is 5. The number of halogens is 1. The molecule has 0 aliphatic heterocycles. The van der Waals surface area contributed by atoms with Crippen LogP contribution in [-0.4, -0.2) is 12.6 Å². The molecule has 5 heteroatoms. The summed E-state index contributed by atoms with van der Waals surface area (Å²) < 4.78 is 5.29. The maximum absolute atomic E-state index is 5.29. The molecule has 0 aliphatic rings. The lowest BCUT2D eigenvalue weighted by Gasteiger charge is -2.02. The van der Waals surface area contributed by atoms with Crippen molar-refractivity contribution in [2.75, 3.05) is 6.61 Å². The first-order chi connectivity index (χ1) is 7.22. The normalized spacial score (nSPS) is 9.31. The highest BCUT2D eigenvalue weighted by Crippen LogP contribution is 2.06. The zero-order valence-electron chi connectivity index (χ0n) is 9.35. The maximum Gasteiger partial charge on any atom is 0.186 e. The van der Waals surface area contributed by atoms with E-state index >= 15 is 0 Å². The largest absolute Gasteiger partial charge is 0.377 e. The van der Waals surface area contributed by atoms with Gasteiger partial charge in [0.2, 0.25) is 0 Å². The second kappa shape index (κ2) is 8.35. The topological polar surface area (TPSA) is 73.6 Å². The minimum atomic E-state index is 0. The van der Waals surface area contributed by atoms with Gasteiger partial charge in [-0.25, -0.2) is 4.99 Å². The quantitative estimate of drug-likeness (QED) is 0.488. The molecule has 0 spiro atoms. The van der Waals surface area contributed by atoms with Crippen LogP contribution in [0.15, 0.2) is 29.3 Å². The van der Waals surface area contributed by atoms with Crippen molar-refractivity contribution in [2.45, 2.75) is 20.1 Å². The number of guanidine groups is 1. The third kappa shape index (κ3) is 5.92. The third-order valence-electron chi connectivity index (χ3n) is 1.94. The van der Waals surface area contributed by atoms with Crippen molar-refractivity contribution in [3.8, 4) is 0 Å². The first-order valence-corrected chi connectivity index (χ1v) is 4.93. The van der Waals surface area contributed by atoms with Gasteiger partial charge in [-0.2, -0.15) is 0 Å². The molecule has 0 heterocycles. The average molecular weight is 335 g/mol. The van der Waals surface area contributed by atoms with E-state index < -0.39 is 0 Å². The lowest BCUT2D eigenvalue weighted by molar-refractivity contribution is 0.134. The molecule has 0 amide bonds. The maximum atomic E-state index is 5.29. The summed E-state index contributed by atoms with van der Waals surface area (Å²) in [5.74, 6) is 0.119. The van der Waals surface area contributed by atoms with Crippen LogP contribution in [0.25, 0.3) is 0 Å². The van der Waals surface area contributed by atoms with Crippen molar-refractivity contribution in [3.05, 3.63) is 35.4 Å². The van der Waals surface area contributed by atoms with Crippen LogP contribution < -0.4 is 11.5 Å². The first kappa shape index (κ1) is 15.2. The number of aliphatic imine (C=N–C) groups is 1. The van der Waals surface area contributed by atoms with Crippen molar-refractivity contribution in [2.24, 2.45) is 16.5 Å². The Morgan fingerprint density at radius 3 is 2.25 bits per heavy atom. The molecule has 4 nitrogen and oxygen atoms in total. The van der Waals surface area contributed by atoms with Gasteiger partial charge in [-0.05, 0) is 18.1 Å². The summed E-state index contributed by atoms with van der Waals surface area (Å²) in [7, 11) is 0. The molecule has 1 aromatic rings. The van der Waals surface area contributed by atoms with Crippen LogP contribution in [0.4, 0.5) is 0 Å². The van der Waals surface area contributed by atoms with Crippen LogP contribution in [0.1, 0.15) is 18.1 Å². The smallest absolute Gasteiger partial charge is 0.186 e. The van der Waals surface area contributed by atoms with Gasteiger partial charge in [0.25, 0.3) is 0 Å². The summed E-state index contributed by atoms with van der Waals surface area (Å²) in [6.45, 7) is 3.89. The number of nitrogens with two attached hydrogens (primary N) is 2. The molecule has 0 radical (unpaired) electrons. The fraction of sp³-hybridized carbons (Fsp3) is 0.364. The average Bonchev–Trinajstić information content (AvgIpc) is 2.25. The van der Waals surface area contributed by atoms with E-state index in [0.29, 0.717) is 13.2 Å². The second-order valence-corrected chi connectivity index (χ2v) is 3.19. The van der Waals surface area contributed by atoms with Gasteiger partial charge < -0.3 is 16.2 Å². The molecule has 0 saturated heterocycles.